The lowest BCUT2D eigenvalue weighted by Crippen LogP contribution is -2.44. The van der Waals surface area contributed by atoms with E-state index in [1.807, 2.05) is 12.3 Å². The Hall–Kier alpha value is -1.88. The van der Waals surface area contributed by atoms with E-state index in [4.69, 9.17) is 0 Å². The van der Waals surface area contributed by atoms with Gasteiger partial charge in [0.15, 0.2) is 0 Å². The van der Waals surface area contributed by atoms with E-state index >= 15 is 0 Å². The second-order valence-corrected chi connectivity index (χ2v) is 7.61. The fourth-order valence-electron chi connectivity index (χ4n) is 4.38. The predicted octanol–water partition coefficient (Wildman–Crippen LogP) is 3.35. The third-order valence-corrected chi connectivity index (χ3v) is 5.99. The van der Waals surface area contributed by atoms with Crippen LogP contribution in [0.1, 0.15) is 37.2 Å². The van der Waals surface area contributed by atoms with Crippen LogP contribution < -0.4 is 0 Å². The Balaban J connectivity index is 1.40. The number of nitrogens with one attached hydrogen (secondary N) is 1. The van der Waals surface area contributed by atoms with Crippen molar-refractivity contribution in [1.29, 1.82) is 0 Å². The third-order valence-electron chi connectivity index (χ3n) is 5.99. The third kappa shape index (κ3) is 3.30. The molecule has 0 unspecified atom stereocenters. The van der Waals surface area contributed by atoms with Crippen LogP contribution >= 0.6 is 0 Å². The molecule has 1 aromatic heterocycles. The molecule has 5 heteroatoms. The van der Waals surface area contributed by atoms with Crippen LogP contribution in [0.5, 0.6) is 0 Å². The van der Waals surface area contributed by atoms with Crippen LogP contribution in [0, 0.1) is 11.7 Å². The molecule has 1 N–H and O–H groups in total. The molecule has 25 heavy (non-hydrogen) atoms. The van der Waals surface area contributed by atoms with Crippen LogP contribution in [-0.4, -0.2) is 53.9 Å². The van der Waals surface area contributed by atoms with E-state index in [9.17, 15) is 9.18 Å². The van der Waals surface area contributed by atoms with Crippen LogP contribution in [0.4, 0.5) is 4.39 Å². The molecule has 4 rings (SSSR count). The Morgan fingerprint density at radius 1 is 1.12 bits per heavy atom. The van der Waals surface area contributed by atoms with Crippen LogP contribution in [0.3, 0.4) is 0 Å². The van der Waals surface area contributed by atoms with E-state index in [1.165, 1.54) is 11.6 Å². The van der Waals surface area contributed by atoms with Crippen LogP contribution in [-0.2, 0) is 4.79 Å². The Morgan fingerprint density at radius 2 is 1.84 bits per heavy atom. The highest BCUT2D eigenvalue weighted by atomic mass is 19.1. The zero-order valence-electron chi connectivity index (χ0n) is 14.8. The maximum Gasteiger partial charge on any atom is 0.225 e. The molecule has 2 aromatic rings. The average molecular weight is 343 g/mol. The molecule has 1 aromatic carbocycles. The zero-order valence-corrected chi connectivity index (χ0v) is 14.8. The number of nitrogens with zero attached hydrogens (tertiary/aromatic N) is 2. The van der Waals surface area contributed by atoms with Gasteiger partial charge in [0.05, 0.1) is 0 Å². The summed E-state index contributed by atoms with van der Waals surface area (Å²) < 4.78 is 13.4. The molecule has 1 amide bonds. The van der Waals surface area contributed by atoms with Crippen molar-refractivity contribution in [3.63, 3.8) is 0 Å². The maximum atomic E-state index is 13.4. The summed E-state index contributed by atoms with van der Waals surface area (Å²) in [5, 5.41) is 1.11. The summed E-state index contributed by atoms with van der Waals surface area (Å²) in [6, 6.07) is 4.95. The van der Waals surface area contributed by atoms with Crippen LogP contribution in [0.2, 0.25) is 0 Å². The highest BCUT2D eigenvalue weighted by molar-refractivity contribution is 5.84. The molecular formula is C20H26FN3O. The summed E-state index contributed by atoms with van der Waals surface area (Å²) in [6.45, 7) is 3.73. The number of rotatable bonds is 2. The highest BCUT2D eigenvalue weighted by Crippen LogP contribution is 2.34. The summed E-state index contributed by atoms with van der Waals surface area (Å²) in [5.41, 5.74) is 2.13. The van der Waals surface area contributed by atoms with Crippen molar-refractivity contribution in [2.45, 2.75) is 31.6 Å². The number of piperidine rings is 2. The number of hydrogen-bond donors (Lipinski definition) is 1. The molecule has 0 saturated carbocycles. The molecule has 0 aliphatic carbocycles. The lowest BCUT2D eigenvalue weighted by molar-refractivity contribution is -0.138. The van der Waals surface area contributed by atoms with Gasteiger partial charge in [0.1, 0.15) is 5.82 Å². The Bertz CT molecular complexity index is 755. The minimum atomic E-state index is -0.209. The summed E-state index contributed by atoms with van der Waals surface area (Å²) in [5.74, 6) is 0.802. The summed E-state index contributed by atoms with van der Waals surface area (Å²) in [4.78, 5) is 20.3. The first-order chi connectivity index (χ1) is 12.1. The number of amides is 1. The lowest BCUT2D eigenvalue weighted by Gasteiger charge is -2.36. The van der Waals surface area contributed by atoms with Gasteiger partial charge in [0.25, 0.3) is 0 Å². The van der Waals surface area contributed by atoms with Crippen molar-refractivity contribution in [2.24, 2.45) is 5.92 Å². The van der Waals surface area contributed by atoms with Gasteiger partial charge >= 0.3 is 0 Å². The number of aromatic nitrogens is 1. The normalized spacial score (nSPS) is 21.1. The van der Waals surface area contributed by atoms with Crippen molar-refractivity contribution in [3.8, 4) is 0 Å². The number of likely N-dealkylation sites (tertiary alicyclic amines) is 2. The second-order valence-electron chi connectivity index (χ2n) is 7.61. The number of H-pyrrole nitrogens is 1. The molecular weight excluding hydrogens is 317 g/mol. The van der Waals surface area contributed by atoms with Gasteiger partial charge < -0.3 is 14.8 Å². The monoisotopic (exact) mass is 343 g/mol. The number of carbonyl (C=O) groups is 1. The first-order valence-corrected chi connectivity index (χ1v) is 9.35. The zero-order chi connectivity index (χ0) is 17.4. The van der Waals surface area contributed by atoms with Crippen molar-refractivity contribution in [1.82, 2.24) is 14.8 Å². The summed E-state index contributed by atoms with van der Waals surface area (Å²) in [6.07, 6.45) is 5.97. The molecule has 4 nitrogen and oxygen atoms in total. The summed E-state index contributed by atoms with van der Waals surface area (Å²) >= 11 is 0. The van der Waals surface area contributed by atoms with Gasteiger partial charge in [0.2, 0.25) is 5.91 Å². The smallest absolute Gasteiger partial charge is 0.225 e. The maximum absolute atomic E-state index is 13.4. The van der Waals surface area contributed by atoms with Crippen molar-refractivity contribution in [3.05, 3.63) is 35.8 Å². The Labute approximate surface area is 148 Å². The fourth-order valence-corrected chi connectivity index (χ4v) is 4.38. The summed E-state index contributed by atoms with van der Waals surface area (Å²) in [7, 11) is 2.12. The number of carbonyl (C=O) groups excluding carboxylic acids is 1. The van der Waals surface area contributed by atoms with E-state index in [0.717, 1.165) is 62.8 Å². The largest absolute Gasteiger partial charge is 0.361 e. The molecule has 0 spiro atoms. The molecule has 0 radical (unpaired) electrons. The van der Waals surface area contributed by atoms with E-state index in [-0.39, 0.29) is 11.7 Å². The average Bonchev–Trinajstić information content (AvgIpc) is 3.05. The minimum absolute atomic E-state index is 0.209. The number of halogens is 1. The van der Waals surface area contributed by atoms with Gasteiger partial charge in [0, 0.05) is 36.1 Å². The number of benzene rings is 1. The molecule has 2 fully saturated rings. The van der Waals surface area contributed by atoms with E-state index in [2.05, 4.69) is 21.8 Å². The fraction of sp³-hybridized carbons (Fsp3) is 0.550. The molecule has 2 aliphatic heterocycles. The molecule has 2 aliphatic rings. The first kappa shape index (κ1) is 16.6. The first-order valence-electron chi connectivity index (χ1n) is 9.35. The molecule has 0 atom stereocenters. The van der Waals surface area contributed by atoms with E-state index in [1.54, 1.807) is 6.07 Å². The van der Waals surface area contributed by atoms with Gasteiger partial charge in [-0.25, -0.2) is 4.39 Å². The van der Waals surface area contributed by atoms with Crippen molar-refractivity contribution >= 4 is 16.8 Å². The van der Waals surface area contributed by atoms with Gasteiger partial charge in [-0.05, 0) is 75.5 Å². The van der Waals surface area contributed by atoms with Gasteiger partial charge in [-0.15, -0.1) is 0 Å². The SMILES string of the molecule is CN1CCC(C(=O)N2CCC(c3c[nH]c4cc(F)ccc34)CC2)CC1. The van der Waals surface area contributed by atoms with Gasteiger partial charge in [-0.2, -0.15) is 0 Å². The number of hydrogen-bond acceptors (Lipinski definition) is 2. The minimum Gasteiger partial charge on any atom is -0.361 e. The van der Waals surface area contributed by atoms with E-state index in [0.29, 0.717) is 11.8 Å². The predicted molar refractivity (Wildman–Crippen MR) is 97.0 cm³/mol. The standard InChI is InChI=1S/C20H26FN3O/c1-23-8-4-15(5-9-23)20(25)24-10-6-14(7-11-24)18-13-22-19-12-16(21)2-3-17(18)19/h2-3,12-15,22H,4-11H2,1H3. The topological polar surface area (TPSA) is 39.3 Å². The Morgan fingerprint density at radius 3 is 2.56 bits per heavy atom. The number of fused-ring (bicyclic) bond motifs is 1. The quantitative estimate of drug-likeness (QED) is 0.908. The second kappa shape index (κ2) is 6.79. The molecule has 134 valence electrons. The number of aromatic amines is 1. The van der Waals surface area contributed by atoms with Crippen molar-refractivity contribution < 1.29 is 9.18 Å². The molecule has 2 saturated heterocycles. The van der Waals surface area contributed by atoms with Crippen LogP contribution in [0.25, 0.3) is 10.9 Å². The molecule has 0 bridgehead atoms. The van der Waals surface area contributed by atoms with Crippen LogP contribution in [0.15, 0.2) is 24.4 Å². The van der Waals surface area contributed by atoms with Gasteiger partial charge in [-0.3, -0.25) is 4.79 Å². The molecule has 3 heterocycles. The van der Waals surface area contributed by atoms with E-state index < -0.39 is 0 Å². The highest BCUT2D eigenvalue weighted by Gasteiger charge is 2.31. The van der Waals surface area contributed by atoms with Gasteiger partial charge in [-0.1, -0.05) is 0 Å². The lowest BCUT2D eigenvalue weighted by atomic mass is 9.88. The van der Waals surface area contributed by atoms with Crippen molar-refractivity contribution in [2.75, 3.05) is 33.2 Å². The Kier molecular flexibility index (Phi) is 4.50.